The maximum absolute atomic E-state index is 5.70. The van der Waals surface area contributed by atoms with Crippen LogP contribution in [0.1, 0.15) is 24.0 Å². The van der Waals surface area contributed by atoms with Gasteiger partial charge in [0.05, 0.1) is 5.52 Å². The molecule has 3 heteroatoms. The van der Waals surface area contributed by atoms with Gasteiger partial charge in [-0.25, -0.2) is 4.98 Å². The quantitative estimate of drug-likeness (QED) is 0.878. The zero-order valence-corrected chi connectivity index (χ0v) is 10.8. The number of hydrogen-bond donors (Lipinski definition) is 1. The van der Waals surface area contributed by atoms with Gasteiger partial charge in [-0.3, -0.25) is 0 Å². The lowest BCUT2D eigenvalue weighted by Crippen LogP contribution is -2.19. The maximum Gasteiger partial charge on any atom is 0.129 e. The molecule has 2 heterocycles. The highest BCUT2D eigenvalue weighted by atomic mass is 15.2. The molecule has 0 unspecified atom stereocenters. The third kappa shape index (κ3) is 1.95. The van der Waals surface area contributed by atoms with Crippen LogP contribution in [0.2, 0.25) is 0 Å². The first-order chi connectivity index (χ1) is 8.78. The van der Waals surface area contributed by atoms with Crippen molar-refractivity contribution in [1.82, 2.24) is 4.98 Å². The number of rotatable bonds is 2. The Kier molecular flexibility index (Phi) is 2.92. The molecule has 1 saturated heterocycles. The number of benzene rings is 1. The fourth-order valence-corrected chi connectivity index (χ4v) is 2.67. The summed E-state index contributed by atoms with van der Waals surface area (Å²) in [5, 5.41) is 1.23. The second-order valence-electron chi connectivity index (χ2n) is 5.05. The summed E-state index contributed by atoms with van der Waals surface area (Å²) in [4.78, 5) is 7.17. The van der Waals surface area contributed by atoms with Crippen LogP contribution in [-0.4, -0.2) is 18.1 Å². The molecule has 1 aromatic carbocycles. The molecule has 94 valence electrons. The lowest BCUT2D eigenvalue weighted by atomic mass is 10.1. The van der Waals surface area contributed by atoms with Crippen LogP contribution >= 0.6 is 0 Å². The fourth-order valence-electron chi connectivity index (χ4n) is 2.67. The Hall–Kier alpha value is -1.61. The Morgan fingerprint density at radius 1 is 1.22 bits per heavy atom. The van der Waals surface area contributed by atoms with Crippen molar-refractivity contribution in [3.05, 3.63) is 35.4 Å². The van der Waals surface area contributed by atoms with Gasteiger partial charge in [-0.15, -0.1) is 0 Å². The van der Waals surface area contributed by atoms with E-state index in [9.17, 15) is 0 Å². The van der Waals surface area contributed by atoms with Crippen molar-refractivity contribution in [3.8, 4) is 0 Å². The zero-order chi connectivity index (χ0) is 12.5. The Bertz CT molecular complexity index is 571. The van der Waals surface area contributed by atoms with Gasteiger partial charge >= 0.3 is 0 Å². The van der Waals surface area contributed by atoms with Gasteiger partial charge in [-0.05, 0) is 43.0 Å². The van der Waals surface area contributed by atoms with Gasteiger partial charge < -0.3 is 10.6 Å². The third-order valence-corrected chi connectivity index (χ3v) is 3.73. The average Bonchev–Trinajstić information content (AvgIpc) is 2.91. The third-order valence-electron chi connectivity index (χ3n) is 3.73. The summed E-state index contributed by atoms with van der Waals surface area (Å²) >= 11 is 0. The van der Waals surface area contributed by atoms with Crippen molar-refractivity contribution >= 4 is 16.7 Å². The van der Waals surface area contributed by atoms with Gasteiger partial charge in [0.25, 0.3) is 0 Å². The molecular formula is C15H19N3. The minimum Gasteiger partial charge on any atom is -0.357 e. The Balaban J connectivity index is 2.11. The molecule has 0 atom stereocenters. The summed E-state index contributed by atoms with van der Waals surface area (Å²) in [6.07, 6.45) is 2.56. The van der Waals surface area contributed by atoms with Gasteiger partial charge in [0.1, 0.15) is 5.82 Å². The molecule has 1 fully saturated rings. The second-order valence-corrected chi connectivity index (χ2v) is 5.05. The molecule has 3 rings (SSSR count). The van der Waals surface area contributed by atoms with Crippen LogP contribution in [0, 0.1) is 6.92 Å². The Labute approximate surface area is 108 Å². The number of anilines is 1. The summed E-state index contributed by atoms with van der Waals surface area (Å²) in [6, 6.07) is 8.54. The Morgan fingerprint density at radius 3 is 2.72 bits per heavy atom. The number of hydrogen-bond acceptors (Lipinski definition) is 3. The summed E-state index contributed by atoms with van der Waals surface area (Å²) in [5.74, 6) is 1.12. The van der Waals surface area contributed by atoms with Crippen molar-refractivity contribution in [3.63, 3.8) is 0 Å². The topological polar surface area (TPSA) is 42.2 Å². The lowest BCUT2D eigenvalue weighted by Gasteiger charge is -2.18. The first-order valence-corrected chi connectivity index (χ1v) is 6.63. The molecule has 2 N–H and O–H groups in total. The van der Waals surface area contributed by atoms with Crippen LogP contribution < -0.4 is 10.6 Å². The molecule has 1 aliphatic heterocycles. The van der Waals surface area contributed by atoms with Crippen molar-refractivity contribution in [2.45, 2.75) is 26.3 Å². The highest BCUT2D eigenvalue weighted by Gasteiger charge is 2.14. The van der Waals surface area contributed by atoms with E-state index in [2.05, 4.69) is 36.1 Å². The SMILES string of the molecule is Cc1cc(N2CCCC2)nc2cc(CN)ccc12. The van der Waals surface area contributed by atoms with Crippen LogP contribution in [0.5, 0.6) is 0 Å². The van der Waals surface area contributed by atoms with E-state index in [1.807, 2.05) is 0 Å². The zero-order valence-electron chi connectivity index (χ0n) is 10.8. The summed E-state index contributed by atoms with van der Waals surface area (Å²) < 4.78 is 0. The van der Waals surface area contributed by atoms with E-state index in [-0.39, 0.29) is 0 Å². The van der Waals surface area contributed by atoms with Gasteiger partial charge in [-0.1, -0.05) is 12.1 Å². The van der Waals surface area contributed by atoms with Gasteiger partial charge in [0, 0.05) is 25.0 Å². The normalized spacial score (nSPS) is 15.6. The summed E-state index contributed by atoms with van der Waals surface area (Å²) in [5.41, 5.74) is 9.21. The van der Waals surface area contributed by atoms with Crippen LogP contribution in [0.3, 0.4) is 0 Å². The highest BCUT2D eigenvalue weighted by molar-refractivity contribution is 5.84. The molecule has 1 aromatic heterocycles. The predicted octanol–water partition coefficient (Wildman–Crippen LogP) is 2.60. The predicted molar refractivity (Wildman–Crippen MR) is 75.8 cm³/mol. The van der Waals surface area contributed by atoms with E-state index in [1.54, 1.807) is 0 Å². The number of nitrogens with zero attached hydrogens (tertiary/aromatic N) is 2. The van der Waals surface area contributed by atoms with E-state index >= 15 is 0 Å². The van der Waals surface area contributed by atoms with Crippen LogP contribution in [0.4, 0.5) is 5.82 Å². The molecule has 0 spiro atoms. The van der Waals surface area contributed by atoms with Crippen LogP contribution in [0.15, 0.2) is 24.3 Å². The molecule has 18 heavy (non-hydrogen) atoms. The lowest BCUT2D eigenvalue weighted by molar-refractivity contribution is 0.942. The summed E-state index contributed by atoms with van der Waals surface area (Å²) in [6.45, 7) is 5.00. The number of nitrogens with two attached hydrogens (primary N) is 1. The number of aromatic nitrogens is 1. The average molecular weight is 241 g/mol. The minimum absolute atomic E-state index is 0.574. The molecule has 1 aliphatic rings. The van der Waals surface area contributed by atoms with Crippen molar-refractivity contribution in [2.75, 3.05) is 18.0 Å². The van der Waals surface area contributed by atoms with E-state index in [0.717, 1.165) is 30.0 Å². The van der Waals surface area contributed by atoms with Gasteiger partial charge in [0.2, 0.25) is 0 Å². The molecular weight excluding hydrogens is 222 g/mol. The van der Waals surface area contributed by atoms with Crippen LogP contribution in [-0.2, 0) is 6.54 Å². The monoisotopic (exact) mass is 241 g/mol. The van der Waals surface area contributed by atoms with Crippen molar-refractivity contribution in [2.24, 2.45) is 5.73 Å². The van der Waals surface area contributed by atoms with E-state index in [1.165, 1.54) is 23.8 Å². The first kappa shape index (κ1) is 11.5. The van der Waals surface area contributed by atoms with Crippen molar-refractivity contribution in [1.29, 1.82) is 0 Å². The number of aryl methyl sites for hydroxylation is 1. The minimum atomic E-state index is 0.574. The smallest absolute Gasteiger partial charge is 0.129 e. The second kappa shape index (κ2) is 4.58. The molecule has 0 amide bonds. The number of pyridine rings is 1. The largest absolute Gasteiger partial charge is 0.357 e. The Morgan fingerprint density at radius 2 is 2.00 bits per heavy atom. The molecule has 3 nitrogen and oxygen atoms in total. The first-order valence-electron chi connectivity index (χ1n) is 6.63. The molecule has 0 aliphatic carbocycles. The van der Waals surface area contributed by atoms with E-state index in [0.29, 0.717) is 6.54 Å². The number of fused-ring (bicyclic) bond motifs is 1. The van der Waals surface area contributed by atoms with Gasteiger partial charge in [-0.2, -0.15) is 0 Å². The van der Waals surface area contributed by atoms with Crippen molar-refractivity contribution < 1.29 is 0 Å². The standard InChI is InChI=1S/C15H19N3/c1-11-8-15(18-6-2-3-7-18)17-14-9-12(10-16)4-5-13(11)14/h4-5,8-9H,2-3,6-7,10,16H2,1H3. The molecule has 0 bridgehead atoms. The molecule has 0 saturated carbocycles. The van der Waals surface area contributed by atoms with E-state index < -0.39 is 0 Å². The molecule has 2 aromatic rings. The molecule has 0 radical (unpaired) electrons. The van der Waals surface area contributed by atoms with E-state index in [4.69, 9.17) is 10.7 Å². The fraction of sp³-hybridized carbons (Fsp3) is 0.400. The maximum atomic E-state index is 5.70. The summed E-state index contributed by atoms with van der Waals surface area (Å²) in [7, 11) is 0. The van der Waals surface area contributed by atoms with Gasteiger partial charge in [0.15, 0.2) is 0 Å². The highest BCUT2D eigenvalue weighted by Crippen LogP contribution is 2.25. The van der Waals surface area contributed by atoms with Crippen LogP contribution in [0.25, 0.3) is 10.9 Å².